The van der Waals surface area contributed by atoms with Crippen molar-refractivity contribution < 1.29 is 14.4 Å². The van der Waals surface area contributed by atoms with Crippen LogP contribution in [0.1, 0.15) is 18.4 Å². The van der Waals surface area contributed by atoms with Gasteiger partial charge in [-0.1, -0.05) is 12.1 Å². The quantitative estimate of drug-likeness (QED) is 0.747. The fourth-order valence-corrected chi connectivity index (χ4v) is 2.68. The summed E-state index contributed by atoms with van der Waals surface area (Å²) >= 11 is 0. The average Bonchev–Trinajstić information content (AvgIpc) is 2.53. The summed E-state index contributed by atoms with van der Waals surface area (Å²) in [6.45, 7) is 1.61. The summed E-state index contributed by atoms with van der Waals surface area (Å²) in [5, 5.41) is 5.14. The van der Waals surface area contributed by atoms with E-state index in [1.165, 1.54) is 10.9 Å². The zero-order valence-electron chi connectivity index (χ0n) is 13.0. The molecule has 1 unspecified atom stereocenters. The van der Waals surface area contributed by atoms with Crippen molar-refractivity contribution in [1.82, 2.24) is 20.2 Å². The molecule has 2 aromatic rings. The van der Waals surface area contributed by atoms with Crippen LogP contribution in [-0.4, -0.2) is 33.3 Å². The molecule has 0 bridgehead atoms. The number of hydrogen-bond donors (Lipinski definition) is 2. The van der Waals surface area contributed by atoms with Gasteiger partial charge in [0.2, 0.25) is 17.7 Å². The van der Waals surface area contributed by atoms with Crippen molar-refractivity contribution in [1.29, 1.82) is 0 Å². The molecule has 1 aliphatic rings. The van der Waals surface area contributed by atoms with Gasteiger partial charge in [-0.05, 0) is 25.0 Å². The lowest BCUT2D eigenvalue weighted by Crippen LogP contribution is -2.53. The van der Waals surface area contributed by atoms with Crippen LogP contribution in [-0.2, 0) is 20.9 Å². The fraction of sp³-hybridized carbons (Fsp3) is 0.312. The second kappa shape index (κ2) is 6.23. The Kier molecular flexibility index (Phi) is 4.11. The van der Waals surface area contributed by atoms with Gasteiger partial charge in [0.25, 0.3) is 5.56 Å². The molecule has 124 valence electrons. The number of imide groups is 1. The normalized spacial score (nSPS) is 17.6. The third-order valence-corrected chi connectivity index (χ3v) is 3.94. The maximum atomic E-state index is 12.4. The number of piperidine rings is 1. The highest BCUT2D eigenvalue weighted by atomic mass is 16.2. The standard InChI is InChI=1S/C16H16N4O4/c1-9-3-2-4-10-14(9)17-8-20(16(10)24)7-13(22)18-11-5-6-12(21)19-15(11)23/h2-4,8,11H,5-7H2,1H3,(H,18,22)(H,19,21,23). The van der Waals surface area contributed by atoms with Gasteiger partial charge < -0.3 is 5.32 Å². The Morgan fingerprint density at radius 2 is 2.17 bits per heavy atom. The van der Waals surface area contributed by atoms with E-state index < -0.39 is 17.9 Å². The highest BCUT2D eigenvalue weighted by Crippen LogP contribution is 2.11. The molecule has 1 aliphatic heterocycles. The number of nitrogens with zero attached hydrogens (tertiary/aromatic N) is 2. The lowest BCUT2D eigenvalue weighted by Gasteiger charge is -2.21. The second-order valence-corrected chi connectivity index (χ2v) is 5.72. The molecule has 8 heteroatoms. The Labute approximate surface area is 136 Å². The van der Waals surface area contributed by atoms with Crippen LogP contribution in [0.2, 0.25) is 0 Å². The zero-order valence-corrected chi connectivity index (χ0v) is 13.0. The van der Waals surface area contributed by atoms with E-state index in [9.17, 15) is 19.2 Å². The van der Waals surface area contributed by atoms with Gasteiger partial charge in [0.1, 0.15) is 12.6 Å². The van der Waals surface area contributed by atoms with Gasteiger partial charge in [-0.2, -0.15) is 0 Å². The summed E-state index contributed by atoms with van der Waals surface area (Å²) in [6.07, 6.45) is 1.75. The lowest BCUT2D eigenvalue weighted by atomic mass is 10.1. The number of benzene rings is 1. The highest BCUT2D eigenvalue weighted by molar-refractivity contribution is 6.01. The number of aromatic nitrogens is 2. The second-order valence-electron chi connectivity index (χ2n) is 5.72. The molecule has 3 rings (SSSR count). The van der Waals surface area contributed by atoms with E-state index >= 15 is 0 Å². The fourth-order valence-electron chi connectivity index (χ4n) is 2.68. The summed E-state index contributed by atoms with van der Waals surface area (Å²) < 4.78 is 1.20. The maximum Gasteiger partial charge on any atom is 0.261 e. The SMILES string of the molecule is Cc1cccc2c(=O)n(CC(=O)NC3CCC(=O)NC3=O)cnc12. The number of amides is 3. The average molecular weight is 328 g/mol. The van der Waals surface area contributed by atoms with E-state index in [4.69, 9.17) is 0 Å². The Hall–Kier alpha value is -3.03. The largest absolute Gasteiger partial charge is 0.343 e. The van der Waals surface area contributed by atoms with Crippen LogP contribution in [0.25, 0.3) is 10.9 Å². The van der Waals surface area contributed by atoms with Crippen LogP contribution in [0.5, 0.6) is 0 Å². The predicted octanol–water partition coefficient (Wildman–Crippen LogP) is -0.374. The molecule has 3 amide bonds. The van der Waals surface area contributed by atoms with Gasteiger partial charge in [0, 0.05) is 6.42 Å². The third-order valence-electron chi connectivity index (χ3n) is 3.94. The number of para-hydroxylation sites is 1. The Morgan fingerprint density at radius 1 is 1.38 bits per heavy atom. The maximum absolute atomic E-state index is 12.4. The lowest BCUT2D eigenvalue weighted by molar-refractivity contribution is -0.137. The van der Waals surface area contributed by atoms with Crippen molar-refractivity contribution in [2.24, 2.45) is 0 Å². The number of carbonyl (C=O) groups excluding carboxylic acids is 3. The Morgan fingerprint density at radius 3 is 2.92 bits per heavy atom. The van der Waals surface area contributed by atoms with Crippen molar-refractivity contribution in [3.63, 3.8) is 0 Å². The van der Waals surface area contributed by atoms with E-state index in [0.717, 1.165) is 5.56 Å². The molecule has 1 saturated heterocycles. The number of hydrogen-bond acceptors (Lipinski definition) is 5. The molecular weight excluding hydrogens is 312 g/mol. The van der Waals surface area contributed by atoms with Crippen LogP contribution in [0.15, 0.2) is 29.3 Å². The highest BCUT2D eigenvalue weighted by Gasteiger charge is 2.27. The van der Waals surface area contributed by atoms with Crippen LogP contribution in [0, 0.1) is 6.92 Å². The minimum absolute atomic E-state index is 0.174. The molecule has 8 nitrogen and oxygen atoms in total. The number of aryl methyl sites for hydroxylation is 1. The van der Waals surface area contributed by atoms with Gasteiger partial charge in [-0.15, -0.1) is 0 Å². The van der Waals surface area contributed by atoms with Crippen molar-refractivity contribution in [2.75, 3.05) is 0 Å². The molecule has 0 radical (unpaired) electrons. The first-order valence-corrected chi connectivity index (χ1v) is 7.53. The minimum atomic E-state index is -0.762. The van der Waals surface area contributed by atoms with Crippen LogP contribution in [0.4, 0.5) is 0 Å². The monoisotopic (exact) mass is 328 g/mol. The van der Waals surface area contributed by atoms with Crippen molar-refractivity contribution in [3.05, 3.63) is 40.4 Å². The van der Waals surface area contributed by atoms with Crippen molar-refractivity contribution in [2.45, 2.75) is 32.4 Å². The van der Waals surface area contributed by atoms with Gasteiger partial charge in [-0.25, -0.2) is 4.98 Å². The molecule has 1 fully saturated rings. The summed E-state index contributed by atoms with van der Waals surface area (Å²) in [5.74, 6) is -1.37. The first-order chi connectivity index (χ1) is 11.5. The number of nitrogens with one attached hydrogen (secondary N) is 2. The predicted molar refractivity (Wildman–Crippen MR) is 85.1 cm³/mol. The number of rotatable bonds is 3. The van der Waals surface area contributed by atoms with Gasteiger partial charge in [-0.3, -0.25) is 29.1 Å². The van der Waals surface area contributed by atoms with Gasteiger partial charge in [0.15, 0.2) is 0 Å². The van der Waals surface area contributed by atoms with Crippen molar-refractivity contribution >= 4 is 28.6 Å². The molecule has 24 heavy (non-hydrogen) atoms. The molecule has 1 aromatic carbocycles. The van der Waals surface area contributed by atoms with Gasteiger partial charge >= 0.3 is 0 Å². The molecule has 1 aromatic heterocycles. The van der Waals surface area contributed by atoms with E-state index in [2.05, 4.69) is 15.6 Å². The van der Waals surface area contributed by atoms with E-state index in [1.54, 1.807) is 12.1 Å². The molecule has 0 saturated carbocycles. The minimum Gasteiger partial charge on any atom is -0.343 e. The molecule has 0 spiro atoms. The Bertz CT molecular complexity index is 903. The molecule has 2 N–H and O–H groups in total. The number of carbonyl (C=O) groups is 3. The first kappa shape index (κ1) is 15.9. The first-order valence-electron chi connectivity index (χ1n) is 7.53. The van der Waals surface area contributed by atoms with Crippen LogP contribution < -0.4 is 16.2 Å². The molecular formula is C16H16N4O4. The smallest absolute Gasteiger partial charge is 0.261 e. The summed E-state index contributed by atoms with van der Waals surface area (Å²) in [7, 11) is 0. The van der Waals surface area contributed by atoms with Crippen LogP contribution in [0.3, 0.4) is 0 Å². The Balaban J connectivity index is 1.76. The summed E-state index contributed by atoms with van der Waals surface area (Å²) in [4.78, 5) is 51.5. The van der Waals surface area contributed by atoms with E-state index in [-0.39, 0.29) is 30.9 Å². The van der Waals surface area contributed by atoms with Crippen LogP contribution >= 0.6 is 0 Å². The molecule has 2 heterocycles. The van der Waals surface area contributed by atoms with E-state index in [0.29, 0.717) is 10.9 Å². The summed E-state index contributed by atoms with van der Waals surface area (Å²) in [5.41, 5.74) is 1.16. The van der Waals surface area contributed by atoms with Gasteiger partial charge in [0.05, 0.1) is 17.2 Å². The zero-order chi connectivity index (χ0) is 17.3. The topological polar surface area (TPSA) is 110 Å². The van der Waals surface area contributed by atoms with E-state index in [1.807, 2.05) is 13.0 Å². The number of fused-ring (bicyclic) bond motifs is 1. The summed E-state index contributed by atoms with van der Waals surface area (Å²) in [6, 6.07) is 4.51. The molecule has 1 atom stereocenters. The molecule has 0 aliphatic carbocycles. The van der Waals surface area contributed by atoms with Crippen molar-refractivity contribution in [3.8, 4) is 0 Å². The third kappa shape index (κ3) is 3.03.